The minimum absolute atomic E-state index is 0.0844. The fourth-order valence-corrected chi connectivity index (χ4v) is 4.07. The molecule has 21 heavy (non-hydrogen) atoms. The van der Waals surface area contributed by atoms with Crippen molar-refractivity contribution >= 4 is 15.7 Å². The number of carbonyl (C=O) groups is 1. The maximum absolute atomic E-state index is 12.4. The van der Waals surface area contributed by atoms with Crippen LogP contribution in [0.4, 0.5) is 0 Å². The number of carbonyl (C=O) groups excluding carboxylic acids is 1. The van der Waals surface area contributed by atoms with Gasteiger partial charge in [-0.25, -0.2) is 8.42 Å². The van der Waals surface area contributed by atoms with Gasteiger partial charge in [0.15, 0.2) is 9.84 Å². The van der Waals surface area contributed by atoms with Crippen molar-refractivity contribution in [3.8, 4) is 0 Å². The first-order chi connectivity index (χ1) is 9.90. The predicted molar refractivity (Wildman–Crippen MR) is 83.7 cm³/mol. The maximum Gasteiger partial charge on any atom is 0.238 e. The van der Waals surface area contributed by atoms with Crippen LogP contribution < -0.4 is 5.32 Å². The van der Waals surface area contributed by atoms with Crippen LogP contribution in [0.5, 0.6) is 0 Å². The molecule has 1 aromatic carbocycles. The molecule has 1 atom stereocenters. The highest BCUT2D eigenvalue weighted by atomic mass is 32.2. The summed E-state index contributed by atoms with van der Waals surface area (Å²) in [5, 5.41) is 1.86. The molecule has 1 saturated carbocycles. The van der Waals surface area contributed by atoms with Crippen LogP contribution in [0.1, 0.15) is 43.7 Å². The molecule has 0 spiro atoms. The lowest BCUT2D eigenvalue weighted by Gasteiger charge is -2.17. The van der Waals surface area contributed by atoms with E-state index in [1.54, 1.807) is 6.07 Å². The minimum atomic E-state index is -3.49. The van der Waals surface area contributed by atoms with Crippen LogP contribution in [0.3, 0.4) is 0 Å². The van der Waals surface area contributed by atoms with E-state index in [0.717, 1.165) is 36.8 Å². The van der Waals surface area contributed by atoms with Crippen molar-refractivity contribution in [2.45, 2.75) is 56.6 Å². The van der Waals surface area contributed by atoms with Crippen LogP contribution in [0.2, 0.25) is 0 Å². The van der Waals surface area contributed by atoms with E-state index in [4.69, 9.17) is 0 Å². The van der Waals surface area contributed by atoms with Gasteiger partial charge in [-0.15, -0.1) is 0 Å². The fourth-order valence-electron chi connectivity index (χ4n) is 2.67. The van der Waals surface area contributed by atoms with Gasteiger partial charge in [0, 0.05) is 6.04 Å². The molecule has 0 unspecified atom stereocenters. The van der Waals surface area contributed by atoms with E-state index in [1.807, 2.05) is 25.1 Å². The largest absolute Gasteiger partial charge is 0.352 e. The highest BCUT2D eigenvalue weighted by Crippen LogP contribution is 2.19. The van der Waals surface area contributed by atoms with Crippen LogP contribution in [0, 0.1) is 6.92 Å². The average molecular weight is 309 g/mol. The Morgan fingerprint density at radius 1 is 1.29 bits per heavy atom. The summed E-state index contributed by atoms with van der Waals surface area (Å²) in [4.78, 5) is 12.1. The van der Waals surface area contributed by atoms with Crippen LogP contribution in [0.25, 0.3) is 0 Å². The lowest BCUT2D eigenvalue weighted by molar-refractivity contribution is -0.121. The van der Waals surface area contributed by atoms with Crippen molar-refractivity contribution in [3.63, 3.8) is 0 Å². The van der Waals surface area contributed by atoms with E-state index in [2.05, 4.69) is 5.32 Å². The lowest BCUT2D eigenvalue weighted by atomic mass is 10.1. The molecule has 4 nitrogen and oxygen atoms in total. The minimum Gasteiger partial charge on any atom is -0.352 e. The smallest absolute Gasteiger partial charge is 0.238 e. The molecule has 5 heteroatoms. The van der Waals surface area contributed by atoms with Crippen LogP contribution >= 0.6 is 0 Å². The second kappa shape index (κ2) is 6.60. The number of hydrogen-bond donors (Lipinski definition) is 1. The average Bonchev–Trinajstić information content (AvgIpc) is 2.93. The Bertz CT molecular complexity index is 604. The molecule has 0 saturated heterocycles. The summed E-state index contributed by atoms with van der Waals surface area (Å²) < 4.78 is 24.8. The number of benzene rings is 1. The molecule has 1 aliphatic rings. The second-order valence-electron chi connectivity index (χ2n) is 5.87. The van der Waals surface area contributed by atoms with Crippen molar-refractivity contribution in [2.24, 2.45) is 0 Å². The van der Waals surface area contributed by atoms with Gasteiger partial charge >= 0.3 is 0 Å². The van der Waals surface area contributed by atoms with Crippen LogP contribution in [-0.4, -0.2) is 25.6 Å². The number of hydrogen-bond acceptors (Lipinski definition) is 3. The molecular formula is C16H23NO3S. The SMILES string of the molecule is Cc1ccccc1CS(=O)(=O)[C@H](C)C(=O)NC1CCCC1. The molecule has 116 valence electrons. The van der Waals surface area contributed by atoms with Gasteiger partial charge in [-0.05, 0) is 37.8 Å². The van der Waals surface area contributed by atoms with E-state index in [1.165, 1.54) is 6.92 Å². The molecule has 0 aromatic heterocycles. The third-order valence-electron chi connectivity index (χ3n) is 4.23. The molecule has 0 aliphatic heterocycles. The Morgan fingerprint density at radius 3 is 2.52 bits per heavy atom. The summed E-state index contributed by atoms with van der Waals surface area (Å²) >= 11 is 0. The normalized spacial score (nSPS) is 17.6. The van der Waals surface area contributed by atoms with Gasteiger partial charge in [0.05, 0.1) is 5.75 Å². The Morgan fingerprint density at radius 2 is 1.90 bits per heavy atom. The molecule has 0 radical (unpaired) electrons. The molecule has 1 fully saturated rings. The van der Waals surface area contributed by atoms with Crippen molar-refractivity contribution < 1.29 is 13.2 Å². The van der Waals surface area contributed by atoms with E-state index < -0.39 is 15.1 Å². The van der Waals surface area contributed by atoms with Crippen LogP contribution in [0.15, 0.2) is 24.3 Å². The zero-order valence-corrected chi connectivity index (χ0v) is 13.4. The molecule has 1 aliphatic carbocycles. The maximum atomic E-state index is 12.4. The van der Waals surface area contributed by atoms with E-state index in [0.29, 0.717) is 0 Å². The molecule has 2 rings (SSSR count). The van der Waals surface area contributed by atoms with Gasteiger partial charge in [-0.1, -0.05) is 37.1 Å². The number of rotatable bonds is 5. The van der Waals surface area contributed by atoms with Gasteiger partial charge in [0.1, 0.15) is 5.25 Å². The third-order valence-corrected chi connectivity index (χ3v) is 6.23. The topological polar surface area (TPSA) is 63.2 Å². The molecule has 1 N–H and O–H groups in total. The summed E-state index contributed by atoms with van der Waals surface area (Å²) in [6, 6.07) is 7.53. The third kappa shape index (κ3) is 4.06. The van der Waals surface area contributed by atoms with Gasteiger partial charge in [0.2, 0.25) is 5.91 Å². The molecular weight excluding hydrogens is 286 g/mol. The van der Waals surface area contributed by atoms with Gasteiger partial charge < -0.3 is 5.32 Å². The van der Waals surface area contributed by atoms with Crippen molar-refractivity contribution in [2.75, 3.05) is 0 Å². The molecule has 0 heterocycles. The van der Waals surface area contributed by atoms with E-state index >= 15 is 0 Å². The Balaban J connectivity index is 2.04. The Kier molecular flexibility index (Phi) is 5.04. The monoisotopic (exact) mass is 309 g/mol. The number of sulfone groups is 1. The van der Waals surface area contributed by atoms with Crippen molar-refractivity contribution in [1.82, 2.24) is 5.32 Å². The summed E-state index contributed by atoms with van der Waals surface area (Å²) in [7, 11) is -3.49. The first-order valence-electron chi connectivity index (χ1n) is 7.46. The lowest BCUT2D eigenvalue weighted by Crippen LogP contribution is -2.42. The number of aryl methyl sites for hydroxylation is 1. The molecule has 1 amide bonds. The summed E-state index contributed by atoms with van der Waals surface area (Å²) in [5.74, 6) is -0.450. The highest BCUT2D eigenvalue weighted by Gasteiger charge is 2.30. The van der Waals surface area contributed by atoms with E-state index in [9.17, 15) is 13.2 Å². The van der Waals surface area contributed by atoms with E-state index in [-0.39, 0.29) is 17.7 Å². The van der Waals surface area contributed by atoms with Gasteiger partial charge in [-0.2, -0.15) is 0 Å². The summed E-state index contributed by atoms with van der Waals surface area (Å²) in [6.45, 7) is 3.37. The number of nitrogens with one attached hydrogen (secondary N) is 1. The Labute approximate surface area is 126 Å². The van der Waals surface area contributed by atoms with Crippen molar-refractivity contribution in [3.05, 3.63) is 35.4 Å². The predicted octanol–water partition coefficient (Wildman–Crippen LogP) is 2.36. The fraction of sp³-hybridized carbons (Fsp3) is 0.562. The number of amides is 1. The van der Waals surface area contributed by atoms with Gasteiger partial charge in [-0.3, -0.25) is 4.79 Å². The van der Waals surface area contributed by atoms with Gasteiger partial charge in [0.25, 0.3) is 0 Å². The van der Waals surface area contributed by atoms with Crippen LogP contribution in [-0.2, 0) is 20.4 Å². The zero-order chi connectivity index (χ0) is 15.5. The second-order valence-corrected chi connectivity index (χ2v) is 8.19. The summed E-state index contributed by atoms with van der Waals surface area (Å²) in [5.41, 5.74) is 1.70. The summed E-state index contributed by atoms with van der Waals surface area (Å²) in [6.07, 6.45) is 4.12. The standard InChI is InChI=1S/C16H23NO3S/c1-12-7-3-4-8-14(12)11-21(19,20)13(2)16(18)17-15-9-5-6-10-15/h3-4,7-8,13,15H,5-6,9-11H2,1-2H3,(H,17,18)/t13-/m1/s1. The first-order valence-corrected chi connectivity index (χ1v) is 9.18. The quantitative estimate of drug-likeness (QED) is 0.908. The van der Waals surface area contributed by atoms with Crippen molar-refractivity contribution in [1.29, 1.82) is 0 Å². The highest BCUT2D eigenvalue weighted by molar-refractivity contribution is 7.92. The molecule has 0 bridgehead atoms. The Hall–Kier alpha value is -1.36. The zero-order valence-electron chi connectivity index (χ0n) is 12.6. The molecule has 1 aromatic rings. The first kappa shape index (κ1) is 16.0.